The third-order valence-electron chi connectivity index (χ3n) is 3.03. The fraction of sp³-hybridized carbons (Fsp3) is 0.0625. The van der Waals surface area contributed by atoms with Crippen LogP contribution in [0.4, 0.5) is 5.69 Å². The van der Waals surface area contributed by atoms with Crippen molar-refractivity contribution < 1.29 is 17.4 Å². The van der Waals surface area contributed by atoms with E-state index in [0.29, 0.717) is 5.56 Å². The summed E-state index contributed by atoms with van der Waals surface area (Å²) in [6.45, 7) is 3.64. The summed E-state index contributed by atoms with van der Waals surface area (Å²) < 4.78 is 28.2. The lowest BCUT2D eigenvalue weighted by atomic mass is 10.1. The van der Waals surface area contributed by atoms with E-state index in [1.54, 1.807) is 42.5 Å². The molecular weight excluding hydrogens is 302 g/mol. The highest BCUT2D eigenvalue weighted by Crippen LogP contribution is 2.23. The van der Waals surface area contributed by atoms with E-state index in [9.17, 15) is 13.2 Å². The van der Waals surface area contributed by atoms with Gasteiger partial charge in [-0.25, -0.2) is 0 Å². The van der Waals surface area contributed by atoms with E-state index in [0.717, 1.165) is 12.7 Å². The van der Waals surface area contributed by atoms with Crippen molar-refractivity contribution in [3.8, 4) is 0 Å². The van der Waals surface area contributed by atoms with Crippen LogP contribution in [0.1, 0.15) is 15.9 Å². The molecule has 0 aliphatic carbocycles. The molecule has 0 aromatic heterocycles. The fourth-order valence-corrected chi connectivity index (χ4v) is 2.66. The van der Waals surface area contributed by atoms with E-state index in [1.165, 1.54) is 12.1 Å². The van der Waals surface area contributed by atoms with Gasteiger partial charge in [0.2, 0.25) is 0 Å². The largest absolute Gasteiger partial charge is 0.321 e. The zero-order valence-corrected chi connectivity index (χ0v) is 12.8. The maximum Gasteiger partial charge on any atom is 0.298 e. The molecule has 2 rings (SSSR count). The molecule has 0 bridgehead atoms. The Labute approximate surface area is 129 Å². The van der Waals surface area contributed by atoms with E-state index >= 15 is 0 Å². The first-order valence-corrected chi connectivity index (χ1v) is 7.82. The number of benzene rings is 2. The predicted molar refractivity (Wildman–Crippen MR) is 85.1 cm³/mol. The van der Waals surface area contributed by atoms with Crippen molar-refractivity contribution in [2.75, 3.05) is 12.4 Å². The molecule has 5 nitrogen and oxygen atoms in total. The maximum absolute atomic E-state index is 12.2. The van der Waals surface area contributed by atoms with E-state index in [4.69, 9.17) is 0 Å². The van der Waals surface area contributed by atoms with Crippen LogP contribution in [0.25, 0.3) is 6.08 Å². The van der Waals surface area contributed by atoms with Gasteiger partial charge < -0.3 is 5.32 Å². The van der Waals surface area contributed by atoms with Crippen LogP contribution >= 0.6 is 0 Å². The lowest BCUT2D eigenvalue weighted by Crippen LogP contribution is -2.15. The van der Waals surface area contributed by atoms with Gasteiger partial charge in [-0.05, 0) is 29.8 Å². The summed E-state index contributed by atoms with van der Waals surface area (Å²) in [7, 11) is -2.82. The molecular formula is C16H15NO4S. The first-order valence-electron chi connectivity index (χ1n) is 6.41. The summed E-state index contributed by atoms with van der Waals surface area (Å²) in [5.74, 6) is -0.408. The third kappa shape index (κ3) is 3.41. The molecule has 0 fully saturated rings. The number of carbonyl (C=O) groups is 1. The minimum Gasteiger partial charge on any atom is -0.321 e. The highest BCUT2D eigenvalue weighted by atomic mass is 32.2. The number of nitrogens with one attached hydrogen (secondary N) is 1. The summed E-state index contributed by atoms with van der Waals surface area (Å²) in [5.41, 5.74) is 1.47. The molecule has 0 saturated heterocycles. The highest BCUT2D eigenvalue weighted by Gasteiger charge is 2.19. The van der Waals surface area contributed by atoms with Crippen LogP contribution in [0.3, 0.4) is 0 Å². The quantitative estimate of drug-likeness (QED) is 0.861. The number of carbonyl (C=O) groups excluding carboxylic acids is 1. The highest BCUT2D eigenvalue weighted by molar-refractivity contribution is 7.87. The zero-order chi connectivity index (χ0) is 16.2. The van der Waals surface area contributed by atoms with Crippen LogP contribution in [0.2, 0.25) is 0 Å². The molecule has 0 spiro atoms. The molecule has 0 saturated carbocycles. The topological polar surface area (TPSA) is 72.5 Å². The second kappa shape index (κ2) is 6.55. The lowest BCUT2D eigenvalue weighted by molar-refractivity contribution is 0.102. The minimum absolute atomic E-state index is 0.0893. The first-order chi connectivity index (χ1) is 10.5. The summed E-state index contributed by atoms with van der Waals surface area (Å²) in [6.07, 6.45) is 1.67. The van der Waals surface area contributed by atoms with Crippen LogP contribution in [-0.2, 0) is 14.3 Å². The Bertz CT molecular complexity index is 795. The molecule has 0 aliphatic heterocycles. The number of rotatable bonds is 5. The second-order valence-corrected chi connectivity index (χ2v) is 6.08. The van der Waals surface area contributed by atoms with E-state index in [1.807, 2.05) is 0 Å². The number of hydrogen-bond acceptors (Lipinski definition) is 4. The molecule has 2 aromatic carbocycles. The number of para-hydroxylation sites is 1. The number of anilines is 1. The van der Waals surface area contributed by atoms with Gasteiger partial charge in [0.25, 0.3) is 16.0 Å². The van der Waals surface area contributed by atoms with E-state index < -0.39 is 16.0 Å². The van der Waals surface area contributed by atoms with E-state index in [-0.39, 0.29) is 10.6 Å². The van der Waals surface area contributed by atoms with Crippen molar-refractivity contribution in [1.29, 1.82) is 0 Å². The van der Waals surface area contributed by atoms with Crippen LogP contribution < -0.4 is 5.32 Å². The second-order valence-electron chi connectivity index (χ2n) is 4.40. The maximum atomic E-state index is 12.2. The van der Waals surface area contributed by atoms with Gasteiger partial charge in [-0.3, -0.25) is 8.98 Å². The van der Waals surface area contributed by atoms with Crippen molar-refractivity contribution >= 4 is 27.8 Å². The summed E-state index contributed by atoms with van der Waals surface area (Å²) >= 11 is 0. The Morgan fingerprint density at radius 1 is 1.14 bits per heavy atom. The van der Waals surface area contributed by atoms with Gasteiger partial charge in [-0.2, -0.15) is 8.42 Å². The summed E-state index contributed by atoms with van der Waals surface area (Å²) in [5, 5.41) is 2.58. The Balaban J connectivity index is 2.30. The molecule has 2 aromatic rings. The molecule has 0 atom stereocenters. The Hall–Kier alpha value is -2.44. The normalized spacial score (nSPS) is 11.0. The SMILES string of the molecule is C=Cc1ccc(C(=O)Nc2ccccc2S(=O)(=O)OC)cc1. The van der Waals surface area contributed by atoms with Gasteiger partial charge in [0.15, 0.2) is 0 Å². The molecule has 1 N–H and O–H groups in total. The average Bonchev–Trinajstić information content (AvgIpc) is 2.55. The standard InChI is InChI=1S/C16H15NO4S/c1-3-12-8-10-13(11-9-12)16(18)17-14-6-4-5-7-15(14)22(19,20)21-2/h3-11H,1H2,2H3,(H,17,18). The van der Waals surface area contributed by atoms with E-state index in [2.05, 4.69) is 16.1 Å². The fourth-order valence-electron chi connectivity index (χ4n) is 1.84. The molecule has 0 heterocycles. The van der Waals surface area contributed by atoms with Crippen molar-refractivity contribution in [1.82, 2.24) is 0 Å². The van der Waals surface area contributed by atoms with Gasteiger partial charge in [0, 0.05) is 5.56 Å². The first kappa shape index (κ1) is 15.9. The smallest absolute Gasteiger partial charge is 0.298 e. The average molecular weight is 317 g/mol. The van der Waals surface area contributed by atoms with Crippen LogP contribution in [-0.4, -0.2) is 21.4 Å². The molecule has 6 heteroatoms. The van der Waals surface area contributed by atoms with Gasteiger partial charge in [-0.15, -0.1) is 0 Å². The molecule has 114 valence electrons. The van der Waals surface area contributed by atoms with Crippen molar-refractivity contribution in [3.05, 3.63) is 66.2 Å². The Morgan fingerprint density at radius 2 is 1.77 bits per heavy atom. The summed E-state index contributed by atoms with van der Waals surface area (Å²) in [4.78, 5) is 12.1. The Kier molecular flexibility index (Phi) is 4.75. The van der Waals surface area contributed by atoms with Crippen LogP contribution in [0.5, 0.6) is 0 Å². The molecule has 22 heavy (non-hydrogen) atoms. The van der Waals surface area contributed by atoms with Crippen LogP contribution in [0.15, 0.2) is 60.0 Å². The molecule has 0 aliphatic rings. The van der Waals surface area contributed by atoms with Crippen molar-refractivity contribution in [2.24, 2.45) is 0 Å². The number of hydrogen-bond donors (Lipinski definition) is 1. The minimum atomic E-state index is -3.90. The molecule has 1 amide bonds. The van der Waals surface area contributed by atoms with Gasteiger partial charge in [0.05, 0.1) is 12.8 Å². The summed E-state index contributed by atoms with van der Waals surface area (Å²) in [6, 6.07) is 12.8. The predicted octanol–water partition coefficient (Wildman–Crippen LogP) is 2.92. The van der Waals surface area contributed by atoms with Gasteiger partial charge in [-0.1, -0.05) is 36.9 Å². The van der Waals surface area contributed by atoms with Gasteiger partial charge >= 0.3 is 0 Å². The van der Waals surface area contributed by atoms with Crippen LogP contribution in [0, 0.1) is 0 Å². The van der Waals surface area contributed by atoms with Crippen molar-refractivity contribution in [3.63, 3.8) is 0 Å². The lowest BCUT2D eigenvalue weighted by Gasteiger charge is -2.10. The van der Waals surface area contributed by atoms with Crippen molar-refractivity contribution in [2.45, 2.75) is 4.90 Å². The Morgan fingerprint density at radius 3 is 2.36 bits per heavy atom. The number of amides is 1. The molecule has 0 unspecified atom stereocenters. The zero-order valence-electron chi connectivity index (χ0n) is 11.9. The van der Waals surface area contributed by atoms with Gasteiger partial charge in [0.1, 0.15) is 4.90 Å². The monoisotopic (exact) mass is 317 g/mol. The molecule has 0 radical (unpaired) electrons. The third-order valence-corrected chi connectivity index (χ3v) is 4.37.